The topological polar surface area (TPSA) is 69.0 Å². The average Bonchev–Trinajstić information content (AvgIpc) is 2.93. The van der Waals surface area contributed by atoms with Crippen LogP contribution in [0.5, 0.6) is 5.75 Å². The van der Waals surface area contributed by atoms with E-state index in [2.05, 4.69) is 15.5 Å². The molecule has 2 aromatic rings. The van der Waals surface area contributed by atoms with Crippen molar-refractivity contribution in [2.24, 2.45) is 0 Å². The molecule has 0 unspecified atom stereocenters. The number of carbonyl (C=O) groups is 1. The zero-order chi connectivity index (χ0) is 15.4. The highest BCUT2D eigenvalue weighted by molar-refractivity contribution is 7.99. The van der Waals surface area contributed by atoms with E-state index in [0.717, 1.165) is 35.2 Å². The average molecular weight is 318 g/mol. The summed E-state index contributed by atoms with van der Waals surface area (Å²) < 4.78 is 7.35. The Kier molecular flexibility index (Phi) is 4.62. The van der Waals surface area contributed by atoms with Crippen LogP contribution < -0.4 is 10.1 Å². The summed E-state index contributed by atoms with van der Waals surface area (Å²) >= 11 is 1.67. The first-order valence-corrected chi connectivity index (χ1v) is 8.32. The summed E-state index contributed by atoms with van der Waals surface area (Å²) in [6.45, 7) is 3.43. The molecule has 7 heteroatoms. The Bertz CT molecular complexity index is 654. The number of anilines is 1. The number of fused-ring (bicyclic) bond motifs is 1. The second kappa shape index (κ2) is 6.83. The minimum absolute atomic E-state index is 0.0880. The van der Waals surface area contributed by atoms with Crippen molar-refractivity contribution in [3.63, 3.8) is 0 Å². The van der Waals surface area contributed by atoms with Gasteiger partial charge >= 0.3 is 0 Å². The van der Waals surface area contributed by atoms with Crippen molar-refractivity contribution in [3.8, 4) is 5.75 Å². The van der Waals surface area contributed by atoms with Crippen LogP contribution in [-0.4, -0.2) is 33.0 Å². The largest absolute Gasteiger partial charge is 0.494 e. The van der Waals surface area contributed by atoms with Gasteiger partial charge in [-0.1, -0.05) is 23.9 Å². The standard InChI is InChI=1S/C15H18N4O2S/c1-2-21-12-6-4-11(5-7-12)10-13(20)16-14-17-18-15-19(14)8-3-9-22-15/h4-7H,2-3,8-10H2,1H3,(H,16,17,20). The molecule has 22 heavy (non-hydrogen) atoms. The second-order valence-corrected chi connectivity index (χ2v) is 6.02. The third-order valence-electron chi connectivity index (χ3n) is 3.32. The van der Waals surface area contributed by atoms with Crippen LogP contribution in [-0.2, 0) is 17.8 Å². The lowest BCUT2D eigenvalue weighted by Crippen LogP contribution is -2.19. The minimum Gasteiger partial charge on any atom is -0.494 e. The van der Waals surface area contributed by atoms with E-state index in [-0.39, 0.29) is 5.91 Å². The normalized spacial score (nSPS) is 13.5. The van der Waals surface area contributed by atoms with Gasteiger partial charge in [-0.3, -0.25) is 14.7 Å². The number of nitrogens with one attached hydrogen (secondary N) is 1. The number of benzene rings is 1. The molecular weight excluding hydrogens is 300 g/mol. The number of thioether (sulfide) groups is 1. The first kappa shape index (κ1) is 14.9. The van der Waals surface area contributed by atoms with E-state index in [1.165, 1.54) is 0 Å². The number of nitrogens with zero attached hydrogens (tertiary/aromatic N) is 3. The van der Waals surface area contributed by atoms with Crippen molar-refractivity contribution in [3.05, 3.63) is 29.8 Å². The predicted molar refractivity (Wildman–Crippen MR) is 85.3 cm³/mol. The van der Waals surface area contributed by atoms with E-state index < -0.39 is 0 Å². The Morgan fingerprint density at radius 2 is 2.18 bits per heavy atom. The highest BCUT2D eigenvalue weighted by Crippen LogP contribution is 2.25. The van der Waals surface area contributed by atoms with Crippen molar-refractivity contribution < 1.29 is 9.53 Å². The maximum absolute atomic E-state index is 12.1. The Balaban J connectivity index is 1.61. The van der Waals surface area contributed by atoms with Gasteiger partial charge in [0.1, 0.15) is 5.75 Å². The van der Waals surface area contributed by atoms with Crippen LogP contribution in [0.1, 0.15) is 18.9 Å². The summed E-state index contributed by atoms with van der Waals surface area (Å²) in [6, 6.07) is 7.56. The Hall–Kier alpha value is -2.02. The van der Waals surface area contributed by atoms with Gasteiger partial charge in [0.2, 0.25) is 11.9 Å². The van der Waals surface area contributed by atoms with Crippen LogP contribution in [0.25, 0.3) is 0 Å². The molecule has 0 fully saturated rings. The van der Waals surface area contributed by atoms with Gasteiger partial charge < -0.3 is 4.74 Å². The van der Waals surface area contributed by atoms with E-state index in [0.29, 0.717) is 19.0 Å². The monoisotopic (exact) mass is 318 g/mol. The molecule has 0 saturated carbocycles. The number of hydrogen-bond donors (Lipinski definition) is 1. The maximum Gasteiger partial charge on any atom is 0.231 e. The summed E-state index contributed by atoms with van der Waals surface area (Å²) in [4.78, 5) is 12.1. The van der Waals surface area contributed by atoms with Gasteiger partial charge in [0.15, 0.2) is 5.16 Å². The SMILES string of the molecule is CCOc1ccc(CC(=O)Nc2nnc3n2CCCS3)cc1. The lowest BCUT2D eigenvalue weighted by molar-refractivity contribution is -0.115. The fourth-order valence-corrected chi connectivity index (χ4v) is 3.19. The van der Waals surface area contributed by atoms with E-state index in [1.54, 1.807) is 11.8 Å². The molecule has 1 amide bonds. The number of hydrogen-bond acceptors (Lipinski definition) is 5. The molecule has 0 aliphatic carbocycles. The lowest BCUT2D eigenvalue weighted by Gasteiger charge is -2.14. The van der Waals surface area contributed by atoms with Crippen molar-refractivity contribution in [2.75, 3.05) is 17.7 Å². The van der Waals surface area contributed by atoms with Crippen molar-refractivity contribution in [1.29, 1.82) is 0 Å². The first-order chi connectivity index (χ1) is 10.8. The van der Waals surface area contributed by atoms with Crippen LogP contribution in [0.3, 0.4) is 0 Å². The third kappa shape index (κ3) is 3.41. The molecule has 1 aromatic carbocycles. The minimum atomic E-state index is -0.0880. The number of amides is 1. The molecule has 0 atom stereocenters. The predicted octanol–water partition coefficient (Wildman–Crippen LogP) is 2.35. The van der Waals surface area contributed by atoms with Crippen LogP contribution >= 0.6 is 11.8 Å². The molecule has 2 heterocycles. The van der Waals surface area contributed by atoms with E-state index in [9.17, 15) is 4.79 Å². The maximum atomic E-state index is 12.1. The van der Waals surface area contributed by atoms with Gasteiger partial charge in [0.05, 0.1) is 13.0 Å². The third-order valence-corrected chi connectivity index (χ3v) is 4.38. The molecule has 1 N–H and O–H groups in total. The molecule has 1 aliphatic rings. The zero-order valence-corrected chi connectivity index (χ0v) is 13.2. The van der Waals surface area contributed by atoms with Crippen LogP contribution in [0.4, 0.5) is 5.95 Å². The quantitative estimate of drug-likeness (QED) is 0.916. The smallest absolute Gasteiger partial charge is 0.231 e. The van der Waals surface area contributed by atoms with Crippen molar-refractivity contribution in [2.45, 2.75) is 31.5 Å². The van der Waals surface area contributed by atoms with Crippen molar-refractivity contribution in [1.82, 2.24) is 14.8 Å². The summed E-state index contributed by atoms with van der Waals surface area (Å²) in [5, 5.41) is 11.9. The number of carbonyl (C=O) groups excluding carboxylic acids is 1. The Labute approximate surface area is 133 Å². The number of rotatable bonds is 5. The summed E-state index contributed by atoms with van der Waals surface area (Å²) in [5.41, 5.74) is 0.939. The van der Waals surface area contributed by atoms with Gasteiger partial charge in [-0.2, -0.15) is 0 Å². The molecule has 0 saturated heterocycles. The molecular formula is C15H18N4O2S. The highest BCUT2D eigenvalue weighted by atomic mass is 32.2. The summed E-state index contributed by atoms with van der Waals surface area (Å²) in [6.07, 6.45) is 1.37. The number of ether oxygens (including phenoxy) is 1. The van der Waals surface area contributed by atoms with Gasteiger partial charge in [-0.25, -0.2) is 0 Å². The van der Waals surface area contributed by atoms with Gasteiger partial charge in [-0.15, -0.1) is 10.2 Å². The molecule has 0 radical (unpaired) electrons. The zero-order valence-electron chi connectivity index (χ0n) is 12.4. The lowest BCUT2D eigenvalue weighted by atomic mass is 10.1. The van der Waals surface area contributed by atoms with Crippen molar-refractivity contribution >= 4 is 23.6 Å². The molecule has 1 aromatic heterocycles. The van der Waals surface area contributed by atoms with E-state index in [4.69, 9.17) is 4.74 Å². The van der Waals surface area contributed by atoms with Crippen LogP contribution in [0, 0.1) is 0 Å². The molecule has 0 spiro atoms. The summed E-state index contributed by atoms with van der Waals surface area (Å²) in [5.74, 6) is 2.32. The Morgan fingerprint density at radius 1 is 1.36 bits per heavy atom. The molecule has 0 bridgehead atoms. The molecule has 6 nitrogen and oxygen atoms in total. The molecule has 116 valence electrons. The first-order valence-electron chi connectivity index (χ1n) is 7.34. The molecule has 3 rings (SSSR count). The number of aromatic nitrogens is 3. The summed E-state index contributed by atoms with van der Waals surface area (Å²) in [7, 11) is 0. The van der Waals surface area contributed by atoms with Gasteiger partial charge in [0, 0.05) is 12.3 Å². The Morgan fingerprint density at radius 3 is 2.95 bits per heavy atom. The van der Waals surface area contributed by atoms with Crippen LogP contribution in [0.15, 0.2) is 29.4 Å². The van der Waals surface area contributed by atoms with E-state index in [1.807, 2.05) is 35.8 Å². The second-order valence-electron chi connectivity index (χ2n) is 4.96. The van der Waals surface area contributed by atoms with Crippen LogP contribution in [0.2, 0.25) is 0 Å². The fourth-order valence-electron chi connectivity index (χ4n) is 2.30. The van der Waals surface area contributed by atoms with E-state index >= 15 is 0 Å². The fraction of sp³-hybridized carbons (Fsp3) is 0.400. The highest BCUT2D eigenvalue weighted by Gasteiger charge is 2.17. The van der Waals surface area contributed by atoms with Gasteiger partial charge in [-0.05, 0) is 31.0 Å². The molecule has 1 aliphatic heterocycles. The van der Waals surface area contributed by atoms with Gasteiger partial charge in [0.25, 0.3) is 0 Å².